The number of hydrogen-bond donors (Lipinski definition) is 0. The molecule has 3 aliphatic carbocycles. The van der Waals surface area contributed by atoms with Gasteiger partial charge >= 0.3 is 0 Å². The summed E-state index contributed by atoms with van der Waals surface area (Å²) in [7, 11) is 0. The van der Waals surface area contributed by atoms with E-state index in [0.29, 0.717) is 18.3 Å². The lowest BCUT2D eigenvalue weighted by Gasteiger charge is -2.46. The highest BCUT2D eigenvalue weighted by Crippen LogP contribution is 2.59. The molecule has 2 bridgehead atoms. The molecule has 3 fully saturated rings. The Morgan fingerprint density at radius 2 is 1.81 bits per heavy atom. The summed E-state index contributed by atoms with van der Waals surface area (Å²) < 4.78 is 0. The van der Waals surface area contributed by atoms with Crippen LogP contribution in [0.3, 0.4) is 0 Å². The quantitative estimate of drug-likeness (QED) is 0.706. The molecule has 3 nitrogen and oxygen atoms in total. The van der Waals surface area contributed by atoms with E-state index >= 15 is 0 Å². The van der Waals surface area contributed by atoms with Crippen LogP contribution >= 0.6 is 0 Å². The second-order valence-corrected chi connectivity index (χ2v) is 7.64. The molecule has 0 heterocycles. The minimum absolute atomic E-state index is 0.0910. The summed E-state index contributed by atoms with van der Waals surface area (Å²) in [6, 6.07) is 0. The summed E-state index contributed by atoms with van der Waals surface area (Å²) >= 11 is 0. The number of hydrogen-bond acceptors (Lipinski definition) is 3. The highest BCUT2D eigenvalue weighted by molar-refractivity contribution is 5.68. The van der Waals surface area contributed by atoms with Gasteiger partial charge in [0.15, 0.2) is 0 Å². The number of fused-ring (bicyclic) bond motifs is 2. The van der Waals surface area contributed by atoms with Crippen molar-refractivity contribution in [2.45, 2.75) is 57.8 Å². The van der Waals surface area contributed by atoms with Gasteiger partial charge in [-0.25, -0.2) is 0 Å². The van der Waals surface area contributed by atoms with Crippen LogP contribution < -0.4 is 0 Å². The first-order valence-electron chi connectivity index (χ1n) is 8.58. The van der Waals surface area contributed by atoms with Gasteiger partial charge in [0.2, 0.25) is 0 Å². The van der Waals surface area contributed by atoms with Crippen LogP contribution in [0, 0.1) is 35.0 Å². The Hall–Kier alpha value is -0.990. The van der Waals surface area contributed by atoms with Gasteiger partial charge in [-0.15, -0.1) is 0 Å². The summed E-state index contributed by atoms with van der Waals surface area (Å²) in [5, 5.41) is 0. The van der Waals surface area contributed by atoms with Gasteiger partial charge < -0.3 is 14.4 Å². The molecule has 0 saturated heterocycles. The van der Waals surface area contributed by atoms with Crippen molar-refractivity contribution in [1.82, 2.24) is 0 Å². The van der Waals surface area contributed by atoms with Crippen LogP contribution in [0.5, 0.6) is 0 Å². The smallest absolute Gasteiger partial charge is 0.127 e. The Kier molecular flexibility index (Phi) is 4.28. The van der Waals surface area contributed by atoms with E-state index < -0.39 is 5.41 Å². The summed E-state index contributed by atoms with van der Waals surface area (Å²) in [4.78, 5) is 34.6. The predicted molar refractivity (Wildman–Crippen MR) is 79.6 cm³/mol. The second kappa shape index (κ2) is 6.02. The molecule has 6 unspecified atom stereocenters. The third-order valence-electron chi connectivity index (χ3n) is 6.75. The van der Waals surface area contributed by atoms with Gasteiger partial charge in [-0.3, -0.25) is 0 Å². The summed E-state index contributed by atoms with van der Waals surface area (Å²) in [5.74, 6) is 2.12. The fourth-order valence-electron chi connectivity index (χ4n) is 5.74. The van der Waals surface area contributed by atoms with Crippen molar-refractivity contribution >= 4 is 18.9 Å². The normalized spacial score (nSPS) is 41.4. The van der Waals surface area contributed by atoms with Gasteiger partial charge in [-0.2, -0.15) is 0 Å². The average molecular weight is 290 g/mol. The lowest BCUT2D eigenvalue weighted by Crippen LogP contribution is -2.44. The molecule has 0 spiro atoms. The third kappa shape index (κ3) is 2.49. The zero-order valence-electron chi connectivity index (χ0n) is 12.7. The zero-order chi connectivity index (χ0) is 14.9. The maximum absolute atomic E-state index is 12.1. The van der Waals surface area contributed by atoms with E-state index in [1.165, 1.54) is 19.3 Å². The maximum Gasteiger partial charge on any atom is 0.127 e. The summed E-state index contributed by atoms with van der Waals surface area (Å²) in [6.45, 7) is 0. The summed E-state index contributed by atoms with van der Waals surface area (Å²) in [6.07, 6.45) is 12.2. The molecule has 3 rings (SSSR count). The average Bonchev–Trinajstić information content (AvgIpc) is 3.16. The van der Waals surface area contributed by atoms with Crippen molar-refractivity contribution in [2.75, 3.05) is 0 Å². The van der Waals surface area contributed by atoms with Crippen LogP contribution in [0.25, 0.3) is 0 Å². The highest BCUT2D eigenvalue weighted by atomic mass is 16.1. The molecule has 6 atom stereocenters. The molecule has 0 aromatic rings. The molecule has 3 heteroatoms. The van der Waals surface area contributed by atoms with Crippen molar-refractivity contribution in [3.63, 3.8) is 0 Å². The fraction of sp³-hybridized carbons (Fsp3) is 0.833. The maximum atomic E-state index is 12.1. The first-order chi connectivity index (χ1) is 10.2. The molecule has 3 aliphatic rings. The minimum Gasteiger partial charge on any atom is -0.303 e. The lowest BCUT2D eigenvalue weighted by atomic mass is 9.57. The largest absolute Gasteiger partial charge is 0.303 e. The van der Waals surface area contributed by atoms with Crippen molar-refractivity contribution in [2.24, 2.45) is 35.0 Å². The molecular formula is C18H26O3. The molecule has 0 amide bonds. The molecule has 0 aliphatic heterocycles. The van der Waals surface area contributed by atoms with Crippen LogP contribution in [0.2, 0.25) is 0 Å². The van der Waals surface area contributed by atoms with Gasteiger partial charge in [0, 0.05) is 17.8 Å². The Morgan fingerprint density at radius 1 is 0.952 bits per heavy atom. The first-order valence-corrected chi connectivity index (χ1v) is 8.58. The second-order valence-electron chi connectivity index (χ2n) is 7.64. The van der Waals surface area contributed by atoms with E-state index in [4.69, 9.17) is 0 Å². The number of carbonyl (C=O) groups is 3. The van der Waals surface area contributed by atoms with Gasteiger partial charge in [-0.05, 0) is 62.2 Å². The molecule has 0 radical (unpaired) electrons. The molecule has 0 N–H and O–H groups in total. The van der Waals surface area contributed by atoms with Crippen molar-refractivity contribution in [1.29, 1.82) is 0 Å². The van der Waals surface area contributed by atoms with E-state index in [9.17, 15) is 14.4 Å². The van der Waals surface area contributed by atoms with Gasteiger partial charge in [-0.1, -0.05) is 12.8 Å². The summed E-state index contributed by atoms with van der Waals surface area (Å²) in [5.41, 5.74) is -0.483. The van der Waals surface area contributed by atoms with E-state index in [1.807, 2.05) is 0 Å². The Labute approximate surface area is 126 Å². The van der Waals surface area contributed by atoms with Crippen LogP contribution in [0.4, 0.5) is 0 Å². The van der Waals surface area contributed by atoms with Gasteiger partial charge in [0.05, 0.1) is 0 Å². The topological polar surface area (TPSA) is 51.2 Å². The van der Waals surface area contributed by atoms with E-state index in [2.05, 4.69) is 0 Å². The van der Waals surface area contributed by atoms with Gasteiger partial charge in [0.25, 0.3) is 0 Å². The Morgan fingerprint density at radius 3 is 2.38 bits per heavy atom. The minimum atomic E-state index is -0.483. The molecular weight excluding hydrogens is 264 g/mol. The van der Waals surface area contributed by atoms with Gasteiger partial charge in [0.1, 0.15) is 18.9 Å². The van der Waals surface area contributed by atoms with Crippen LogP contribution in [0.15, 0.2) is 0 Å². The SMILES string of the molecule is O=CCC(C=O)(C1CCCC(C=O)C1)C1CC2CCC1C2. The van der Waals surface area contributed by atoms with Crippen LogP contribution in [-0.2, 0) is 14.4 Å². The highest BCUT2D eigenvalue weighted by Gasteiger charge is 2.54. The predicted octanol–water partition coefficient (Wildman–Crippen LogP) is 3.20. The van der Waals surface area contributed by atoms with Crippen LogP contribution in [-0.4, -0.2) is 18.9 Å². The third-order valence-corrected chi connectivity index (χ3v) is 6.75. The standard InChI is InChI=1S/C18H26O3/c19-7-6-18(12-21,16-3-1-2-14(9-16)11-20)17-10-13-4-5-15(17)8-13/h7,11-17H,1-6,8-10H2. The van der Waals surface area contributed by atoms with Crippen LogP contribution in [0.1, 0.15) is 57.8 Å². The van der Waals surface area contributed by atoms with E-state index in [0.717, 1.165) is 56.9 Å². The van der Waals surface area contributed by atoms with E-state index in [-0.39, 0.29) is 11.8 Å². The van der Waals surface area contributed by atoms with Crippen molar-refractivity contribution in [3.05, 3.63) is 0 Å². The monoisotopic (exact) mass is 290 g/mol. The lowest BCUT2D eigenvalue weighted by molar-refractivity contribution is -0.132. The molecule has 3 saturated carbocycles. The first kappa shape index (κ1) is 14.9. The van der Waals surface area contributed by atoms with Crippen molar-refractivity contribution in [3.8, 4) is 0 Å². The Bertz CT molecular complexity index is 419. The zero-order valence-corrected chi connectivity index (χ0v) is 12.7. The molecule has 21 heavy (non-hydrogen) atoms. The number of aldehydes is 3. The fourth-order valence-corrected chi connectivity index (χ4v) is 5.74. The molecule has 0 aromatic carbocycles. The Balaban J connectivity index is 1.87. The van der Waals surface area contributed by atoms with E-state index in [1.54, 1.807) is 0 Å². The molecule has 0 aromatic heterocycles. The molecule has 116 valence electrons. The van der Waals surface area contributed by atoms with Crippen molar-refractivity contribution < 1.29 is 14.4 Å². The number of carbonyl (C=O) groups excluding carboxylic acids is 3. The number of rotatable bonds is 6.